The molecule has 0 aromatic heterocycles. The van der Waals surface area contributed by atoms with Crippen LogP contribution in [0.1, 0.15) is 26.2 Å². The van der Waals surface area contributed by atoms with E-state index >= 15 is 0 Å². The van der Waals surface area contributed by atoms with E-state index in [0.29, 0.717) is 6.04 Å². The van der Waals surface area contributed by atoms with Gasteiger partial charge in [0, 0.05) is 12.6 Å². The molecule has 0 radical (unpaired) electrons. The number of hydrogen-bond donors (Lipinski definition) is 1. The molecular weight excluding hydrogens is 218 g/mol. The molecule has 1 N–H and O–H groups in total. The number of nitrogens with one attached hydrogen (secondary N) is 1. The van der Waals surface area contributed by atoms with Gasteiger partial charge in [-0.1, -0.05) is 6.92 Å². The molecule has 3 atom stereocenters. The van der Waals surface area contributed by atoms with Gasteiger partial charge in [0.1, 0.15) is 18.0 Å². The van der Waals surface area contributed by atoms with Crippen LogP contribution in [0, 0.1) is 0 Å². The van der Waals surface area contributed by atoms with E-state index in [9.17, 15) is 4.79 Å². The number of amides is 1. The fourth-order valence-electron chi connectivity index (χ4n) is 2.89. The lowest BCUT2D eigenvalue weighted by atomic mass is 10.2. The van der Waals surface area contributed by atoms with Crippen LogP contribution in [-0.4, -0.2) is 54.5 Å². The maximum absolute atomic E-state index is 11.6. The predicted octanol–water partition coefficient (Wildman–Crippen LogP) is 0.157. The number of ether oxygens (including phenoxy) is 1. The second-order valence-electron chi connectivity index (χ2n) is 5.04. The fourth-order valence-corrected chi connectivity index (χ4v) is 2.89. The summed E-state index contributed by atoms with van der Waals surface area (Å²) in [5.74, 6) is 0.766. The summed E-state index contributed by atoms with van der Waals surface area (Å²) in [6, 6.07) is 0.385. The SMILES string of the molecule is CCC1N=C(C2CN3CCCC3CO2)NC1=O. The number of carbonyl (C=O) groups is 1. The molecule has 0 aromatic carbocycles. The maximum Gasteiger partial charge on any atom is 0.250 e. The highest BCUT2D eigenvalue weighted by atomic mass is 16.5. The Bertz CT molecular complexity index is 356. The number of carbonyl (C=O) groups excluding carboxylic acids is 1. The number of fused-ring (bicyclic) bond motifs is 1. The minimum Gasteiger partial charge on any atom is -0.367 e. The zero-order valence-corrected chi connectivity index (χ0v) is 10.2. The summed E-state index contributed by atoms with van der Waals surface area (Å²) in [4.78, 5) is 18.5. The Kier molecular flexibility index (Phi) is 2.88. The summed E-state index contributed by atoms with van der Waals surface area (Å²) in [6.45, 7) is 4.79. The molecule has 3 rings (SSSR count). The first-order chi connectivity index (χ1) is 8.28. The molecular formula is C12H19N3O2. The predicted molar refractivity (Wildman–Crippen MR) is 64.0 cm³/mol. The summed E-state index contributed by atoms with van der Waals surface area (Å²) in [5, 5.41) is 2.86. The number of rotatable bonds is 2. The molecule has 3 aliphatic heterocycles. The Morgan fingerprint density at radius 3 is 3.24 bits per heavy atom. The van der Waals surface area contributed by atoms with E-state index in [2.05, 4.69) is 15.2 Å². The molecule has 0 aromatic rings. The van der Waals surface area contributed by atoms with Crippen molar-refractivity contribution in [3.05, 3.63) is 0 Å². The third-order valence-electron chi connectivity index (χ3n) is 3.93. The first-order valence-electron chi connectivity index (χ1n) is 6.52. The number of hydrogen-bond acceptors (Lipinski definition) is 4. The van der Waals surface area contributed by atoms with E-state index in [1.807, 2.05) is 6.92 Å². The van der Waals surface area contributed by atoms with Crippen molar-refractivity contribution in [2.24, 2.45) is 4.99 Å². The fraction of sp³-hybridized carbons (Fsp3) is 0.833. The molecule has 5 nitrogen and oxygen atoms in total. The van der Waals surface area contributed by atoms with Crippen LogP contribution < -0.4 is 5.32 Å². The number of aliphatic imine (C=N–C) groups is 1. The van der Waals surface area contributed by atoms with Crippen LogP contribution in [0.2, 0.25) is 0 Å². The van der Waals surface area contributed by atoms with Crippen LogP contribution in [0.15, 0.2) is 4.99 Å². The smallest absolute Gasteiger partial charge is 0.250 e. The summed E-state index contributed by atoms with van der Waals surface area (Å²) < 4.78 is 5.83. The molecule has 0 spiro atoms. The molecule has 3 unspecified atom stereocenters. The minimum absolute atomic E-state index is 0.0228. The van der Waals surface area contributed by atoms with Gasteiger partial charge in [-0.15, -0.1) is 0 Å². The third kappa shape index (κ3) is 1.98. The van der Waals surface area contributed by atoms with E-state index in [0.717, 1.165) is 32.0 Å². The van der Waals surface area contributed by atoms with Crippen LogP contribution >= 0.6 is 0 Å². The number of amidine groups is 1. The summed E-state index contributed by atoms with van der Waals surface area (Å²) in [5.41, 5.74) is 0. The Morgan fingerprint density at radius 1 is 1.59 bits per heavy atom. The van der Waals surface area contributed by atoms with E-state index in [-0.39, 0.29) is 18.1 Å². The van der Waals surface area contributed by atoms with Gasteiger partial charge in [-0.05, 0) is 25.8 Å². The van der Waals surface area contributed by atoms with Crippen LogP contribution in [0.25, 0.3) is 0 Å². The summed E-state index contributed by atoms with van der Waals surface area (Å²) >= 11 is 0. The first kappa shape index (κ1) is 11.2. The van der Waals surface area contributed by atoms with Crippen LogP contribution in [0.5, 0.6) is 0 Å². The lowest BCUT2D eigenvalue weighted by Crippen LogP contribution is -2.51. The molecule has 0 aliphatic carbocycles. The van der Waals surface area contributed by atoms with E-state index < -0.39 is 0 Å². The Morgan fingerprint density at radius 2 is 2.47 bits per heavy atom. The minimum atomic E-state index is -0.204. The van der Waals surface area contributed by atoms with Gasteiger partial charge >= 0.3 is 0 Å². The Labute approximate surface area is 101 Å². The second-order valence-corrected chi connectivity index (χ2v) is 5.04. The van der Waals surface area contributed by atoms with Crippen molar-refractivity contribution >= 4 is 11.7 Å². The quantitative estimate of drug-likeness (QED) is 0.744. The van der Waals surface area contributed by atoms with Gasteiger partial charge in [-0.2, -0.15) is 0 Å². The van der Waals surface area contributed by atoms with Crippen molar-refractivity contribution in [2.45, 2.75) is 44.4 Å². The standard InChI is InChI=1S/C12H19N3O2/c1-2-9-12(16)14-11(13-9)10-6-15-5-3-4-8(15)7-17-10/h8-10H,2-7H2,1H3,(H,13,14,16). The lowest BCUT2D eigenvalue weighted by molar-refractivity contribution is -0.120. The van der Waals surface area contributed by atoms with Crippen molar-refractivity contribution in [1.82, 2.24) is 10.2 Å². The van der Waals surface area contributed by atoms with Crippen molar-refractivity contribution in [1.29, 1.82) is 0 Å². The van der Waals surface area contributed by atoms with Gasteiger partial charge in [-0.3, -0.25) is 14.7 Å². The Hall–Kier alpha value is -0.940. The largest absolute Gasteiger partial charge is 0.367 e. The average Bonchev–Trinajstić information content (AvgIpc) is 2.93. The average molecular weight is 237 g/mol. The molecule has 94 valence electrons. The van der Waals surface area contributed by atoms with Gasteiger partial charge in [0.25, 0.3) is 0 Å². The van der Waals surface area contributed by atoms with Gasteiger partial charge in [-0.25, -0.2) is 0 Å². The summed E-state index contributed by atoms with van der Waals surface area (Å²) in [6.07, 6.45) is 3.22. The third-order valence-corrected chi connectivity index (χ3v) is 3.93. The molecule has 2 saturated heterocycles. The molecule has 0 saturated carbocycles. The molecule has 2 fully saturated rings. The topological polar surface area (TPSA) is 53.9 Å². The molecule has 0 bridgehead atoms. The normalized spacial score (nSPS) is 37.8. The van der Waals surface area contributed by atoms with Crippen LogP contribution in [0.3, 0.4) is 0 Å². The van der Waals surface area contributed by atoms with E-state index in [1.54, 1.807) is 0 Å². The van der Waals surface area contributed by atoms with Crippen molar-refractivity contribution in [3.63, 3.8) is 0 Å². The highest BCUT2D eigenvalue weighted by molar-refractivity contribution is 6.07. The molecule has 3 heterocycles. The maximum atomic E-state index is 11.6. The zero-order chi connectivity index (χ0) is 11.8. The van der Waals surface area contributed by atoms with Gasteiger partial charge in [0.05, 0.1) is 6.61 Å². The van der Waals surface area contributed by atoms with Crippen molar-refractivity contribution in [3.8, 4) is 0 Å². The van der Waals surface area contributed by atoms with Gasteiger partial charge in [0.15, 0.2) is 0 Å². The molecule has 1 amide bonds. The molecule has 5 heteroatoms. The van der Waals surface area contributed by atoms with Gasteiger partial charge < -0.3 is 10.1 Å². The number of morpholine rings is 1. The monoisotopic (exact) mass is 237 g/mol. The molecule has 17 heavy (non-hydrogen) atoms. The highest BCUT2D eigenvalue weighted by Gasteiger charge is 2.37. The van der Waals surface area contributed by atoms with Crippen LogP contribution in [-0.2, 0) is 9.53 Å². The van der Waals surface area contributed by atoms with Crippen molar-refractivity contribution < 1.29 is 9.53 Å². The molecule has 3 aliphatic rings. The zero-order valence-electron chi connectivity index (χ0n) is 10.2. The lowest BCUT2D eigenvalue weighted by Gasteiger charge is -2.34. The summed E-state index contributed by atoms with van der Waals surface area (Å²) in [7, 11) is 0. The van der Waals surface area contributed by atoms with E-state index in [4.69, 9.17) is 4.74 Å². The van der Waals surface area contributed by atoms with E-state index in [1.165, 1.54) is 12.8 Å². The van der Waals surface area contributed by atoms with Crippen LogP contribution in [0.4, 0.5) is 0 Å². The second kappa shape index (κ2) is 4.38. The van der Waals surface area contributed by atoms with Crippen molar-refractivity contribution in [2.75, 3.05) is 19.7 Å². The Balaban J connectivity index is 1.67. The first-order valence-corrected chi connectivity index (χ1v) is 6.52. The highest BCUT2D eigenvalue weighted by Crippen LogP contribution is 2.23. The van der Waals surface area contributed by atoms with Gasteiger partial charge in [0.2, 0.25) is 5.91 Å². The number of nitrogens with zero attached hydrogens (tertiary/aromatic N) is 2.